The van der Waals surface area contributed by atoms with Gasteiger partial charge < -0.3 is 4.90 Å². The van der Waals surface area contributed by atoms with E-state index in [-0.39, 0.29) is 17.6 Å². The smallest absolute Gasteiger partial charge is 0.302 e. The van der Waals surface area contributed by atoms with E-state index in [0.717, 1.165) is 17.0 Å². The molecule has 0 unspecified atom stereocenters. The Bertz CT molecular complexity index is 758. The van der Waals surface area contributed by atoms with Crippen molar-refractivity contribution in [1.29, 1.82) is 0 Å². The number of alkyl halides is 3. The van der Waals surface area contributed by atoms with Crippen LogP contribution < -0.4 is 4.90 Å². The van der Waals surface area contributed by atoms with Crippen molar-refractivity contribution < 1.29 is 22.8 Å². The number of nitrogens with zero attached hydrogens (tertiary/aromatic N) is 2. The first-order valence-electron chi connectivity index (χ1n) is 7.28. The normalized spacial score (nSPS) is 32.2. The lowest BCUT2D eigenvalue weighted by molar-refractivity contribution is -0.137. The van der Waals surface area contributed by atoms with Crippen LogP contribution in [0.5, 0.6) is 0 Å². The molecule has 1 aromatic rings. The molecular formula is C16H13F3N2O2. The van der Waals surface area contributed by atoms with E-state index in [9.17, 15) is 22.8 Å². The van der Waals surface area contributed by atoms with Gasteiger partial charge in [0.1, 0.15) is 5.54 Å². The molecule has 23 heavy (non-hydrogen) atoms. The third-order valence-corrected chi connectivity index (χ3v) is 5.08. The summed E-state index contributed by atoms with van der Waals surface area (Å²) in [4.78, 5) is 27.9. The molecule has 120 valence electrons. The molecule has 0 saturated carbocycles. The molecule has 2 heterocycles. The first-order valence-corrected chi connectivity index (χ1v) is 7.28. The Morgan fingerprint density at radius 2 is 1.96 bits per heavy atom. The summed E-state index contributed by atoms with van der Waals surface area (Å²) < 4.78 is 38.6. The standard InChI is InChI=1S/C16H13F3N2O2/c1-15-9-5-6-12(7-9)21(15)14(23)20(13(15)22)11-4-2-3-10(8-11)16(17,18)19/h2-6,8-9,12H,7H2,1H3/t9-,12+,15+/m1/s1. The lowest BCUT2D eigenvalue weighted by Crippen LogP contribution is -2.49. The van der Waals surface area contributed by atoms with Crippen LogP contribution in [0.4, 0.5) is 23.7 Å². The minimum Gasteiger partial charge on any atom is -0.302 e. The van der Waals surface area contributed by atoms with E-state index < -0.39 is 29.2 Å². The number of fused-ring (bicyclic) bond motifs is 5. The SMILES string of the molecule is C[C@]12C(=O)N(c3cccc(C(F)(F)F)c3)C(=O)N1[C@H]1C=C[C@@H]2C1. The van der Waals surface area contributed by atoms with E-state index in [1.807, 2.05) is 12.2 Å². The monoisotopic (exact) mass is 322 g/mol. The molecule has 0 N–H and O–H groups in total. The number of carbonyl (C=O) groups is 2. The van der Waals surface area contributed by atoms with Gasteiger partial charge >= 0.3 is 12.2 Å². The molecular weight excluding hydrogens is 309 g/mol. The zero-order valence-corrected chi connectivity index (χ0v) is 12.2. The summed E-state index contributed by atoms with van der Waals surface area (Å²) in [6, 6.07) is 3.62. The number of imide groups is 1. The lowest BCUT2D eigenvalue weighted by Gasteiger charge is -2.32. The summed E-state index contributed by atoms with van der Waals surface area (Å²) in [7, 11) is 0. The van der Waals surface area contributed by atoms with Gasteiger partial charge in [0.15, 0.2) is 0 Å². The average Bonchev–Trinajstić information content (AvgIpc) is 3.11. The van der Waals surface area contributed by atoms with Crippen molar-refractivity contribution >= 4 is 17.6 Å². The summed E-state index contributed by atoms with van der Waals surface area (Å²) >= 11 is 0. The third kappa shape index (κ3) is 1.67. The van der Waals surface area contributed by atoms with Crippen molar-refractivity contribution in [3.8, 4) is 0 Å². The van der Waals surface area contributed by atoms with E-state index in [1.165, 1.54) is 17.0 Å². The maximum Gasteiger partial charge on any atom is 0.416 e. The first kappa shape index (κ1) is 14.3. The molecule has 4 nitrogen and oxygen atoms in total. The van der Waals surface area contributed by atoms with Gasteiger partial charge in [0.2, 0.25) is 0 Å². The Balaban J connectivity index is 1.78. The van der Waals surface area contributed by atoms with Crippen LogP contribution in [-0.2, 0) is 11.0 Å². The molecule has 2 bridgehead atoms. The number of hydrogen-bond donors (Lipinski definition) is 0. The van der Waals surface area contributed by atoms with Gasteiger partial charge in [0.05, 0.1) is 17.3 Å². The molecule has 7 heteroatoms. The van der Waals surface area contributed by atoms with Crippen LogP contribution in [0, 0.1) is 5.92 Å². The topological polar surface area (TPSA) is 40.6 Å². The van der Waals surface area contributed by atoms with Crippen molar-refractivity contribution in [1.82, 2.24) is 4.90 Å². The number of urea groups is 1. The van der Waals surface area contributed by atoms with Crippen LogP contribution in [0.2, 0.25) is 0 Å². The summed E-state index contributed by atoms with van der Waals surface area (Å²) in [5, 5.41) is 0. The van der Waals surface area contributed by atoms with E-state index in [1.54, 1.807) is 6.92 Å². The fourth-order valence-electron chi connectivity index (χ4n) is 3.88. The van der Waals surface area contributed by atoms with E-state index in [0.29, 0.717) is 6.42 Å². The number of hydrogen-bond acceptors (Lipinski definition) is 2. The minimum absolute atomic E-state index is 0.0372. The maximum absolute atomic E-state index is 12.9. The second-order valence-corrected chi connectivity index (χ2v) is 6.28. The summed E-state index contributed by atoms with van der Waals surface area (Å²) in [5.41, 5.74) is -1.91. The number of carbonyl (C=O) groups excluding carboxylic acids is 2. The highest BCUT2D eigenvalue weighted by Gasteiger charge is 2.65. The molecule has 2 fully saturated rings. The second-order valence-electron chi connectivity index (χ2n) is 6.28. The van der Waals surface area contributed by atoms with Gasteiger partial charge in [0.25, 0.3) is 5.91 Å². The van der Waals surface area contributed by atoms with Crippen molar-refractivity contribution in [2.24, 2.45) is 5.92 Å². The number of rotatable bonds is 1. The van der Waals surface area contributed by atoms with Gasteiger partial charge in [0, 0.05) is 5.92 Å². The Kier molecular flexibility index (Phi) is 2.58. The lowest BCUT2D eigenvalue weighted by atomic mass is 9.87. The van der Waals surface area contributed by atoms with Crippen molar-refractivity contribution in [2.45, 2.75) is 31.1 Å². The second kappa shape index (κ2) is 4.15. The highest BCUT2D eigenvalue weighted by molar-refractivity contribution is 6.24. The number of halogens is 3. The molecule has 0 spiro atoms. The Labute approximate surface area is 130 Å². The Hall–Kier alpha value is -2.31. The molecule has 3 aliphatic rings. The van der Waals surface area contributed by atoms with Crippen molar-refractivity contribution in [2.75, 3.05) is 4.90 Å². The highest BCUT2D eigenvalue weighted by Crippen LogP contribution is 2.50. The van der Waals surface area contributed by atoms with Gasteiger partial charge in [-0.2, -0.15) is 13.2 Å². The molecule has 1 aliphatic carbocycles. The summed E-state index contributed by atoms with van der Waals surface area (Å²) in [6.07, 6.45) is -0.0257. The molecule has 3 amide bonds. The predicted octanol–water partition coefficient (Wildman–Crippen LogP) is 3.19. The van der Waals surface area contributed by atoms with Gasteiger partial charge in [-0.05, 0) is 31.5 Å². The molecule has 0 radical (unpaired) electrons. The molecule has 3 atom stereocenters. The van der Waals surface area contributed by atoms with Crippen molar-refractivity contribution in [3.05, 3.63) is 42.0 Å². The van der Waals surface area contributed by atoms with Crippen LogP contribution in [-0.4, -0.2) is 28.4 Å². The third-order valence-electron chi connectivity index (χ3n) is 5.08. The Morgan fingerprint density at radius 3 is 2.61 bits per heavy atom. The van der Waals surface area contributed by atoms with Gasteiger partial charge in [-0.25, -0.2) is 9.69 Å². The Morgan fingerprint density at radius 1 is 1.22 bits per heavy atom. The van der Waals surface area contributed by atoms with Gasteiger partial charge in [-0.15, -0.1) is 0 Å². The molecule has 0 aromatic heterocycles. The highest BCUT2D eigenvalue weighted by atomic mass is 19.4. The van der Waals surface area contributed by atoms with E-state index in [2.05, 4.69) is 0 Å². The molecule has 1 aromatic carbocycles. The van der Waals surface area contributed by atoms with Crippen molar-refractivity contribution in [3.63, 3.8) is 0 Å². The summed E-state index contributed by atoms with van der Waals surface area (Å²) in [6.45, 7) is 1.69. The number of amides is 3. The molecule has 2 aliphatic heterocycles. The largest absolute Gasteiger partial charge is 0.416 e. The number of anilines is 1. The maximum atomic E-state index is 12.9. The fourth-order valence-corrected chi connectivity index (χ4v) is 3.88. The molecule has 2 saturated heterocycles. The van der Waals surface area contributed by atoms with Crippen LogP contribution in [0.25, 0.3) is 0 Å². The van der Waals surface area contributed by atoms with E-state index in [4.69, 9.17) is 0 Å². The van der Waals surface area contributed by atoms with Crippen LogP contribution >= 0.6 is 0 Å². The minimum atomic E-state index is -4.53. The van der Waals surface area contributed by atoms with Gasteiger partial charge in [-0.1, -0.05) is 18.2 Å². The van der Waals surface area contributed by atoms with Crippen LogP contribution in [0.1, 0.15) is 18.9 Å². The predicted molar refractivity (Wildman–Crippen MR) is 75.6 cm³/mol. The van der Waals surface area contributed by atoms with Crippen LogP contribution in [0.3, 0.4) is 0 Å². The first-order chi connectivity index (χ1) is 10.7. The number of benzene rings is 1. The average molecular weight is 322 g/mol. The van der Waals surface area contributed by atoms with Crippen LogP contribution in [0.15, 0.2) is 36.4 Å². The van der Waals surface area contributed by atoms with E-state index >= 15 is 0 Å². The fraction of sp³-hybridized carbons (Fsp3) is 0.375. The van der Waals surface area contributed by atoms with Gasteiger partial charge in [-0.3, -0.25) is 4.79 Å². The zero-order valence-electron chi connectivity index (χ0n) is 12.2. The molecule has 4 rings (SSSR count). The zero-order chi connectivity index (χ0) is 16.6. The quantitative estimate of drug-likeness (QED) is 0.588. The summed E-state index contributed by atoms with van der Waals surface area (Å²) in [5.74, 6) is -0.543.